The average Bonchev–Trinajstić information content (AvgIpc) is 2.56. The molecule has 0 radical (unpaired) electrons. The molecule has 0 aromatic rings. The van der Waals surface area contributed by atoms with Gasteiger partial charge < -0.3 is 10.1 Å². The zero-order valence-corrected chi connectivity index (χ0v) is 9.88. The lowest BCUT2D eigenvalue weighted by molar-refractivity contribution is 0.180. The fourth-order valence-corrected chi connectivity index (χ4v) is 2.29. The first kappa shape index (κ1) is 12.0. The van der Waals surface area contributed by atoms with Gasteiger partial charge in [-0.15, -0.1) is 0 Å². The SMILES string of the molecule is CCNC(CC(C)C)CC1CCOC1. The van der Waals surface area contributed by atoms with E-state index in [1.807, 2.05) is 0 Å². The number of hydrogen-bond acceptors (Lipinski definition) is 2. The monoisotopic (exact) mass is 199 g/mol. The first-order valence-corrected chi connectivity index (χ1v) is 6.03. The highest BCUT2D eigenvalue weighted by molar-refractivity contribution is 4.75. The van der Waals surface area contributed by atoms with Crippen molar-refractivity contribution in [3.05, 3.63) is 0 Å². The van der Waals surface area contributed by atoms with Crippen LogP contribution < -0.4 is 5.32 Å². The van der Waals surface area contributed by atoms with Gasteiger partial charge >= 0.3 is 0 Å². The van der Waals surface area contributed by atoms with Gasteiger partial charge in [0.2, 0.25) is 0 Å². The van der Waals surface area contributed by atoms with Crippen LogP contribution >= 0.6 is 0 Å². The molecular formula is C12H25NO. The van der Waals surface area contributed by atoms with Crippen molar-refractivity contribution in [1.29, 1.82) is 0 Å². The van der Waals surface area contributed by atoms with E-state index in [0.29, 0.717) is 6.04 Å². The molecule has 2 atom stereocenters. The lowest BCUT2D eigenvalue weighted by Gasteiger charge is -2.22. The topological polar surface area (TPSA) is 21.3 Å². The van der Waals surface area contributed by atoms with Crippen molar-refractivity contribution in [2.75, 3.05) is 19.8 Å². The Kier molecular flexibility index (Phi) is 5.49. The van der Waals surface area contributed by atoms with Crippen LogP contribution in [0, 0.1) is 11.8 Å². The molecule has 0 amide bonds. The average molecular weight is 199 g/mol. The first-order chi connectivity index (χ1) is 6.72. The minimum absolute atomic E-state index is 0.701. The molecule has 0 aliphatic carbocycles. The summed E-state index contributed by atoms with van der Waals surface area (Å²) >= 11 is 0. The van der Waals surface area contributed by atoms with E-state index < -0.39 is 0 Å². The second kappa shape index (κ2) is 6.41. The molecule has 2 unspecified atom stereocenters. The number of ether oxygens (including phenoxy) is 1. The van der Waals surface area contributed by atoms with Crippen molar-refractivity contribution in [3.63, 3.8) is 0 Å². The Hall–Kier alpha value is -0.0800. The van der Waals surface area contributed by atoms with Crippen LogP contribution in [0.3, 0.4) is 0 Å². The highest BCUT2D eigenvalue weighted by Gasteiger charge is 2.20. The van der Waals surface area contributed by atoms with Crippen LogP contribution in [0.5, 0.6) is 0 Å². The van der Waals surface area contributed by atoms with Crippen LogP contribution in [0.15, 0.2) is 0 Å². The van der Waals surface area contributed by atoms with E-state index in [0.717, 1.165) is 31.6 Å². The summed E-state index contributed by atoms with van der Waals surface area (Å²) in [7, 11) is 0. The van der Waals surface area contributed by atoms with Crippen LogP contribution in [0.25, 0.3) is 0 Å². The maximum absolute atomic E-state index is 5.41. The van der Waals surface area contributed by atoms with Crippen molar-refractivity contribution in [2.45, 2.75) is 46.1 Å². The molecular weight excluding hydrogens is 174 g/mol. The largest absolute Gasteiger partial charge is 0.381 e. The molecule has 1 fully saturated rings. The number of rotatable bonds is 6. The quantitative estimate of drug-likeness (QED) is 0.709. The molecule has 0 spiro atoms. The smallest absolute Gasteiger partial charge is 0.0495 e. The maximum Gasteiger partial charge on any atom is 0.0495 e. The Morgan fingerprint density at radius 2 is 2.21 bits per heavy atom. The fraction of sp³-hybridized carbons (Fsp3) is 1.00. The molecule has 1 saturated heterocycles. The lowest BCUT2D eigenvalue weighted by Crippen LogP contribution is -2.32. The van der Waals surface area contributed by atoms with Gasteiger partial charge in [-0.3, -0.25) is 0 Å². The van der Waals surface area contributed by atoms with Gasteiger partial charge in [-0.2, -0.15) is 0 Å². The number of hydrogen-bond donors (Lipinski definition) is 1. The minimum atomic E-state index is 0.701. The highest BCUT2D eigenvalue weighted by Crippen LogP contribution is 2.21. The Morgan fingerprint density at radius 1 is 1.43 bits per heavy atom. The van der Waals surface area contributed by atoms with E-state index in [4.69, 9.17) is 4.74 Å². The van der Waals surface area contributed by atoms with Gasteiger partial charge in [-0.05, 0) is 37.6 Å². The van der Waals surface area contributed by atoms with Gasteiger partial charge in [0.1, 0.15) is 0 Å². The predicted octanol–water partition coefficient (Wildman–Crippen LogP) is 2.44. The van der Waals surface area contributed by atoms with E-state index in [1.165, 1.54) is 19.3 Å². The van der Waals surface area contributed by atoms with Gasteiger partial charge in [0.15, 0.2) is 0 Å². The van der Waals surface area contributed by atoms with E-state index in [9.17, 15) is 0 Å². The van der Waals surface area contributed by atoms with Crippen molar-refractivity contribution < 1.29 is 4.74 Å². The van der Waals surface area contributed by atoms with E-state index in [2.05, 4.69) is 26.1 Å². The molecule has 0 bridgehead atoms. The fourth-order valence-electron chi connectivity index (χ4n) is 2.29. The highest BCUT2D eigenvalue weighted by atomic mass is 16.5. The van der Waals surface area contributed by atoms with Crippen LogP contribution in [0.1, 0.15) is 40.0 Å². The van der Waals surface area contributed by atoms with Gasteiger partial charge in [-0.1, -0.05) is 20.8 Å². The van der Waals surface area contributed by atoms with Gasteiger partial charge in [-0.25, -0.2) is 0 Å². The van der Waals surface area contributed by atoms with Crippen LogP contribution in [0.2, 0.25) is 0 Å². The predicted molar refractivity (Wildman–Crippen MR) is 60.5 cm³/mol. The van der Waals surface area contributed by atoms with E-state index >= 15 is 0 Å². The summed E-state index contributed by atoms with van der Waals surface area (Å²) in [6.07, 6.45) is 3.86. The van der Waals surface area contributed by atoms with Gasteiger partial charge in [0.05, 0.1) is 0 Å². The normalized spacial score (nSPS) is 24.4. The zero-order valence-electron chi connectivity index (χ0n) is 9.88. The van der Waals surface area contributed by atoms with Crippen LogP contribution in [0.4, 0.5) is 0 Å². The molecule has 1 rings (SSSR count). The summed E-state index contributed by atoms with van der Waals surface area (Å²) in [5.41, 5.74) is 0. The maximum atomic E-state index is 5.41. The van der Waals surface area contributed by atoms with E-state index in [-0.39, 0.29) is 0 Å². The van der Waals surface area contributed by atoms with Crippen molar-refractivity contribution in [1.82, 2.24) is 5.32 Å². The summed E-state index contributed by atoms with van der Waals surface area (Å²) in [5.74, 6) is 1.60. The van der Waals surface area contributed by atoms with Gasteiger partial charge in [0, 0.05) is 19.3 Å². The summed E-state index contributed by atoms with van der Waals surface area (Å²) in [5, 5.41) is 3.59. The van der Waals surface area contributed by atoms with Crippen LogP contribution in [-0.2, 0) is 4.74 Å². The van der Waals surface area contributed by atoms with Crippen molar-refractivity contribution >= 4 is 0 Å². The van der Waals surface area contributed by atoms with E-state index in [1.54, 1.807) is 0 Å². The van der Waals surface area contributed by atoms with Crippen LogP contribution in [-0.4, -0.2) is 25.8 Å². The molecule has 0 aromatic carbocycles. The Labute approximate surface area is 88.4 Å². The summed E-state index contributed by atoms with van der Waals surface area (Å²) in [4.78, 5) is 0. The molecule has 1 aliphatic rings. The summed E-state index contributed by atoms with van der Waals surface area (Å²) < 4.78 is 5.41. The molecule has 2 nitrogen and oxygen atoms in total. The molecule has 1 N–H and O–H groups in total. The summed E-state index contributed by atoms with van der Waals surface area (Å²) in [6, 6.07) is 0.701. The molecule has 0 aromatic heterocycles. The molecule has 2 heteroatoms. The third-order valence-corrected chi connectivity index (χ3v) is 2.89. The third kappa shape index (κ3) is 4.43. The molecule has 1 aliphatic heterocycles. The Balaban J connectivity index is 2.25. The number of nitrogens with one attached hydrogen (secondary N) is 1. The van der Waals surface area contributed by atoms with Crippen molar-refractivity contribution in [2.24, 2.45) is 11.8 Å². The minimum Gasteiger partial charge on any atom is -0.381 e. The second-order valence-corrected chi connectivity index (χ2v) is 4.85. The lowest BCUT2D eigenvalue weighted by atomic mass is 9.93. The zero-order chi connectivity index (χ0) is 10.4. The molecule has 0 saturated carbocycles. The van der Waals surface area contributed by atoms with Gasteiger partial charge in [0.25, 0.3) is 0 Å². The molecule has 14 heavy (non-hydrogen) atoms. The first-order valence-electron chi connectivity index (χ1n) is 6.03. The molecule has 1 heterocycles. The molecule has 84 valence electrons. The third-order valence-electron chi connectivity index (χ3n) is 2.89. The van der Waals surface area contributed by atoms with Crippen molar-refractivity contribution in [3.8, 4) is 0 Å². The Bertz CT molecular complexity index is 141. The summed E-state index contributed by atoms with van der Waals surface area (Å²) in [6.45, 7) is 9.85. The second-order valence-electron chi connectivity index (χ2n) is 4.85. The Morgan fingerprint density at radius 3 is 2.71 bits per heavy atom. The standard InChI is InChI=1S/C12H25NO/c1-4-13-12(7-10(2)3)8-11-5-6-14-9-11/h10-13H,4-9H2,1-3H3.